The highest BCUT2D eigenvalue weighted by Gasteiger charge is 2.42. The number of piperidine rings is 1. The van der Waals surface area contributed by atoms with E-state index in [0.29, 0.717) is 37.8 Å². The summed E-state index contributed by atoms with van der Waals surface area (Å²) >= 11 is 0. The van der Waals surface area contributed by atoms with E-state index in [1.165, 1.54) is 0 Å². The molecule has 1 aromatic carbocycles. The molecule has 10 heteroatoms. The fourth-order valence-corrected chi connectivity index (χ4v) is 5.37. The number of anilines is 3. The third-order valence-corrected chi connectivity index (χ3v) is 7.32. The predicted molar refractivity (Wildman–Crippen MR) is 131 cm³/mol. The maximum absolute atomic E-state index is 11.5. The number of nitrogens with zero attached hydrogens (tertiary/aromatic N) is 5. The molecule has 1 atom stereocenters. The highest BCUT2D eigenvalue weighted by Crippen LogP contribution is 2.41. The Balaban J connectivity index is 1.53. The van der Waals surface area contributed by atoms with E-state index in [1.807, 2.05) is 23.7 Å². The summed E-state index contributed by atoms with van der Waals surface area (Å²) in [6.07, 6.45) is 2.31. The number of para-hydroxylation sites is 2. The number of morpholine rings is 1. The number of ether oxygens (including phenoxy) is 1. The van der Waals surface area contributed by atoms with Crippen molar-refractivity contribution in [2.45, 2.75) is 37.5 Å². The van der Waals surface area contributed by atoms with Crippen LogP contribution in [0.15, 0.2) is 24.3 Å². The van der Waals surface area contributed by atoms with Crippen LogP contribution in [0.4, 0.5) is 17.2 Å². The topological polar surface area (TPSA) is 112 Å². The van der Waals surface area contributed by atoms with Gasteiger partial charge in [0, 0.05) is 26.7 Å². The van der Waals surface area contributed by atoms with Crippen LogP contribution in [0, 0.1) is 0 Å². The van der Waals surface area contributed by atoms with Crippen LogP contribution in [-0.2, 0) is 23.0 Å². The number of hydrogen-bond donors (Lipinski definition) is 4. The molecule has 3 aliphatic rings. The van der Waals surface area contributed by atoms with E-state index in [-0.39, 0.29) is 0 Å². The normalized spacial score (nSPS) is 24.0. The van der Waals surface area contributed by atoms with Crippen molar-refractivity contribution in [3.8, 4) is 0 Å². The van der Waals surface area contributed by atoms with Crippen molar-refractivity contribution in [1.29, 1.82) is 0 Å². The summed E-state index contributed by atoms with van der Waals surface area (Å²) in [5.41, 5.74) is 1.87. The highest BCUT2D eigenvalue weighted by atomic mass is 16.5. The Kier molecular flexibility index (Phi) is 5.12. The van der Waals surface area contributed by atoms with E-state index in [1.54, 1.807) is 0 Å². The predicted octanol–water partition coefficient (Wildman–Crippen LogP) is 1.87. The van der Waals surface area contributed by atoms with E-state index in [2.05, 4.69) is 39.9 Å². The summed E-state index contributed by atoms with van der Waals surface area (Å²) in [6, 6.07) is 8.17. The van der Waals surface area contributed by atoms with Crippen molar-refractivity contribution in [3.63, 3.8) is 0 Å². The lowest BCUT2D eigenvalue weighted by Gasteiger charge is -2.31. The maximum atomic E-state index is 11.5. The molecule has 0 aliphatic carbocycles. The molecule has 0 bridgehead atoms. The zero-order chi connectivity index (χ0) is 23.3. The molecule has 1 unspecified atom stereocenters. The average Bonchev–Trinajstić information content (AvgIpc) is 3.43. The number of β-amino-alcohol motifs (C(OH)–C–C–N with tert-alkyl or cyclic N) is 1. The molecule has 0 spiro atoms. The lowest BCUT2D eigenvalue weighted by atomic mass is 9.93. The van der Waals surface area contributed by atoms with Gasteiger partial charge in [0.25, 0.3) is 0 Å². The quantitative estimate of drug-likeness (QED) is 0.460. The van der Waals surface area contributed by atoms with Gasteiger partial charge in [0.05, 0.1) is 24.6 Å². The lowest BCUT2D eigenvalue weighted by molar-refractivity contribution is 0.00190. The summed E-state index contributed by atoms with van der Waals surface area (Å²) < 4.78 is 7.55. The van der Waals surface area contributed by atoms with Gasteiger partial charge in [-0.25, -0.2) is 15.0 Å². The van der Waals surface area contributed by atoms with Gasteiger partial charge in [-0.05, 0) is 37.9 Å². The van der Waals surface area contributed by atoms with Crippen LogP contribution in [0.2, 0.25) is 0 Å². The van der Waals surface area contributed by atoms with Crippen molar-refractivity contribution in [3.05, 3.63) is 35.9 Å². The van der Waals surface area contributed by atoms with E-state index in [9.17, 15) is 5.11 Å². The Morgan fingerprint density at radius 3 is 2.47 bits per heavy atom. The van der Waals surface area contributed by atoms with Crippen LogP contribution in [-0.4, -0.2) is 64.0 Å². The van der Waals surface area contributed by atoms with Crippen LogP contribution < -0.4 is 20.9 Å². The maximum Gasteiger partial charge on any atom is 0.179 e. The molecular formula is C24H32N8O2. The number of benzene rings is 1. The van der Waals surface area contributed by atoms with Gasteiger partial charge in [-0.15, -0.1) is 0 Å². The molecule has 4 N–H and O–H groups in total. The SMILES string of the molecule is CCC1(c2nc(N3CCOCC3)c3nc(C4(O)CCCNC4)n(C)c3n2)Nc2ccccc2N1. The molecule has 0 radical (unpaired) electrons. The van der Waals surface area contributed by atoms with E-state index >= 15 is 0 Å². The molecule has 10 nitrogen and oxygen atoms in total. The minimum absolute atomic E-state index is 0.481. The Hall–Kier alpha value is -2.95. The first-order valence-electron chi connectivity index (χ1n) is 12.2. The first kappa shape index (κ1) is 21.6. The molecule has 6 rings (SSSR count). The first-order chi connectivity index (χ1) is 16.5. The van der Waals surface area contributed by atoms with Crippen molar-refractivity contribution in [1.82, 2.24) is 24.8 Å². The number of fused-ring (bicyclic) bond motifs is 2. The molecule has 34 heavy (non-hydrogen) atoms. The van der Waals surface area contributed by atoms with Gasteiger partial charge < -0.3 is 35.3 Å². The van der Waals surface area contributed by atoms with E-state index in [4.69, 9.17) is 19.7 Å². The molecule has 2 aromatic heterocycles. The summed E-state index contributed by atoms with van der Waals surface area (Å²) in [5, 5.41) is 22.1. The Bertz CT molecular complexity index is 1190. The van der Waals surface area contributed by atoms with Crippen molar-refractivity contribution < 1.29 is 9.84 Å². The monoisotopic (exact) mass is 464 g/mol. The molecule has 0 saturated carbocycles. The van der Waals surface area contributed by atoms with Crippen LogP contribution in [0.1, 0.15) is 37.8 Å². The van der Waals surface area contributed by atoms with Gasteiger partial charge in [-0.2, -0.15) is 0 Å². The van der Waals surface area contributed by atoms with Gasteiger partial charge in [0.2, 0.25) is 0 Å². The average molecular weight is 465 g/mol. The molecule has 2 saturated heterocycles. The van der Waals surface area contributed by atoms with E-state index in [0.717, 1.165) is 60.8 Å². The Labute approximate surface area is 198 Å². The van der Waals surface area contributed by atoms with Crippen molar-refractivity contribution in [2.75, 3.05) is 54.9 Å². The van der Waals surface area contributed by atoms with E-state index < -0.39 is 11.3 Å². The smallest absolute Gasteiger partial charge is 0.179 e. The zero-order valence-corrected chi connectivity index (χ0v) is 19.8. The fourth-order valence-electron chi connectivity index (χ4n) is 5.37. The number of aliphatic hydroxyl groups is 1. The molecule has 180 valence electrons. The number of nitrogens with one attached hydrogen (secondary N) is 3. The molecule has 5 heterocycles. The van der Waals surface area contributed by atoms with Crippen LogP contribution in [0.3, 0.4) is 0 Å². The van der Waals surface area contributed by atoms with Gasteiger partial charge in [-0.3, -0.25) is 0 Å². The number of aryl methyl sites for hydroxylation is 1. The summed E-state index contributed by atoms with van der Waals surface area (Å²) in [7, 11) is 1.94. The van der Waals surface area contributed by atoms with Gasteiger partial charge in [0.15, 0.2) is 28.5 Å². The molecular weight excluding hydrogens is 432 g/mol. The second-order valence-electron chi connectivity index (χ2n) is 9.50. The second kappa shape index (κ2) is 8.07. The molecule has 0 amide bonds. The zero-order valence-electron chi connectivity index (χ0n) is 19.8. The summed E-state index contributed by atoms with van der Waals surface area (Å²) in [5.74, 6) is 2.10. The van der Waals surface area contributed by atoms with Crippen LogP contribution >= 0.6 is 0 Å². The highest BCUT2D eigenvalue weighted by molar-refractivity contribution is 5.85. The summed E-state index contributed by atoms with van der Waals surface area (Å²) in [6.45, 7) is 6.29. The van der Waals surface area contributed by atoms with Crippen LogP contribution in [0.25, 0.3) is 11.2 Å². The summed E-state index contributed by atoms with van der Waals surface area (Å²) in [4.78, 5) is 17.4. The number of rotatable bonds is 4. The minimum Gasteiger partial charge on any atom is -0.381 e. The Morgan fingerprint density at radius 2 is 1.82 bits per heavy atom. The third kappa shape index (κ3) is 3.31. The number of aromatic nitrogens is 4. The Morgan fingerprint density at radius 1 is 1.09 bits per heavy atom. The van der Waals surface area contributed by atoms with Gasteiger partial charge in [0.1, 0.15) is 11.4 Å². The molecule has 2 fully saturated rings. The molecule has 3 aromatic rings. The van der Waals surface area contributed by atoms with Gasteiger partial charge >= 0.3 is 0 Å². The lowest BCUT2D eigenvalue weighted by Crippen LogP contribution is -2.44. The number of hydrogen-bond acceptors (Lipinski definition) is 9. The minimum atomic E-state index is -1.03. The van der Waals surface area contributed by atoms with Crippen molar-refractivity contribution in [2.24, 2.45) is 7.05 Å². The standard InChI is InChI=1S/C24H32N8O2/c1-3-24(29-16-7-4-5-8-17(16)30-24)21-27-19-18(20(28-21)32-11-13-34-14-12-32)26-22(31(19)2)23(33)9-6-10-25-15-23/h4-5,7-8,25,29-30,33H,3,6,9-15H2,1-2H3. The second-order valence-corrected chi connectivity index (χ2v) is 9.50. The fraction of sp³-hybridized carbons (Fsp3) is 0.542. The largest absolute Gasteiger partial charge is 0.381 e. The number of imidazole rings is 1. The van der Waals surface area contributed by atoms with Crippen LogP contribution in [0.5, 0.6) is 0 Å². The molecule has 3 aliphatic heterocycles. The third-order valence-electron chi connectivity index (χ3n) is 7.32. The van der Waals surface area contributed by atoms with Gasteiger partial charge in [-0.1, -0.05) is 19.1 Å². The van der Waals surface area contributed by atoms with Crippen molar-refractivity contribution >= 4 is 28.4 Å². The first-order valence-corrected chi connectivity index (χ1v) is 12.2.